The summed E-state index contributed by atoms with van der Waals surface area (Å²) in [7, 11) is 0. The molecule has 1 unspecified atom stereocenters. The van der Waals surface area contributed by atoms with E-state index in [0.717, 1.165) is 12.0 Å². The molecule has 0 aromatic carbocycles. The number of nitrogens with one attached hydrogen (secondary N) is 1. The Labute approximate surface area is 102 Å². The Kier molecular flexibility index (Phi) is 4.09. The Balaban J connectivity index is 1.73. The van der Waals surface area contributed by atoms with Crippen LogP contribution in [0.1, 0.15) is 24.8 Å². The van der Waals surface area contributed by atoms with Crippen molar-refractivity contribution in [2.75, 3.05) is 6.54 Å². The highest BCUT2D eigenvalue weighted by atomic mass is 16.1. The van der Waals surface area contributed by atoms with E-state index in [-0.39, 0.29) is 11.9 Å². The number of rotatable bonds is 6. The molecule has 1 fully saturated rings. The number of amides is 1. The number of hydrogen-bond donors (Lipinski definition) is 2. The van der Waals surface area contributed by atoms with Gasteiger partial charge in [0.25, 0.3) is 0 Å². The molecule has 0 spiro atoms. The summed E-state index contributed by atoms with van der Waals surface area (Å²) in [6.07, 6.45) is 7.18. The van der Waals surface area contributed by atoms with Crippen molar-refractivity contribution in [2.24, 2.45) is 11.7 Å². The van der Waals surface area contributed by atoms with E-state index >= 15 is 0 Å². The second-order valence-electron chi connectivity index (χ2n) is 4.61. The zero-order chi connectivity index (χ0) is 12.1. The van der Waals surface area contributed by atoms with E-state index in [1.807, 2.05) is 12.1 Å². The average molecular weight is 233 g/mol. The van der Waals surface area contributed by atoms with Gasteiger partial charge in [-0.2, -0.15) is 0 Å². The molecule has 0 radical (unpaired) electrons. The van der Waals surface area contributed by atoms with E-state index in [0.29, 0.717) is 18.9 Å². The lowest BCUT2D eigenvalue weighted by atomic mass is 10.1. The fourth-order valence-electron chi connectivity index (χ4n) is 1.95. The molecule has 1 aromatic rings. The fourth-order valence-corrected chi connectivity index (χ4v) is 1.95. The lowest BCUT2D eigenvalue weighted by Crippen LogP contribution is -2.41. The highest BCUT2D eigenvalue weighted by Crippen LogP contribution is 2.32. The van der Waals surface area contributed by atoms with E-state index in [2.05, 4.69) is 10.3 Å². The van der Waals surface area contributed by atoms with Crippen molar-refractivity contribution in [2.45, 2.75) is 31.7 Å². The molecule has 1 atom stereocenters. The average Bonchev–Trinajstić information content (AvgIpc) is 3.19. The number of aryl methyl sites for hydroxylation is 1. The van der Waals surface area contributed by atoms with Crippen molar-refractivity contribution < 1.29 is 4.79 Å². The smallest absolute Gasteiger partial charge is 0.220 e. The van der Waals surface area contributed by atoms with Gasteiger partial charge in [0, 0.05) is 31.4 Å². The third-order valence-corrected chi connectivity index (χ3v) is 3.15. The number of nitrogens with zero attached hydrogens (tertiary/aromatic N) is 1. The largest absolute Gasteiger partial charge is 0.352 e. The first-order valence-corrected chi connectivity index (χ1v) is 6.18. The van der Waals surface area contributed by atoms with Crippen LogP contribution in [0.4, 0.5) is 0 Å². The van der Waals surface area contributed by atoms with Crippen LogP contribution in [-0.4, -0.2) is 23.5 Å². The van der Waals surface area contributed by atoms with Gasteiger partial charge >= 0.3 is 0 Å². The lowest BCUT2D eigenvalue weighted by molar-refractivity contribution is -0.121. The summed E-state index contributed by atoms with van der Waals surface area (Å²) in [5.41, 5.74) is 6.74. The van der Waals surface area contributed by atoms with Crippen molar-refractivity contribution in [3.8, 4) is 0 Å². The van der Waals surface area contributed by atoms with Crippen molar-refractivity contribution in [1.29, 1.82) is 0 Å². The monoisotopic (exact) mass is 233 g/mol. The maximum atomic E-state index is 11.7. The quantitative estimate of drug-likeness (QED) is 0.766. The number of carbonyl (C=O) groups excluding carboxylic acids is 1. The number of nitrogens with two attached hydrogens (primary N) is 1. The summed E-state index contributed by atoms with van der Waals surface area (Å²) in [4.78, 5) is 15.8. The van der Waals surface area contributed by atoms with Crippen LogP contribution in [0.15, 0.2) is 24.5 Å². The summed E-state index contributed by atoms with van der Waals surface area (Å²) < 4.78 is 0. The molecule has 2 rings (SSSR count). The number of pyridine rings is 1. The molecule has 1 heterocycles. The van der Waals surface area contributed by atoms with E-state index in [9.17, 15) is 4.79 Å². The zero-order valence-corrected chi connectivity index (χ0v) is 9.93. The van der Waals surface area contributed by atoms with E-state index in [1.54, 1.807) is 12.4 Å². The lowest BCUT2D eigenvalue weighted by Gasteiger charge is -2.15. The Bertz CT molecular complexity index is 362. The number of aromatic nitrogens is 1. The van der Waals surface area contributed by atoms with E-state index in [1.165, 1.54) is 12.8 Å². The Morgan fingerprint density at radius 2 is 2.41 bits per heavy atom. The minimum atomic E-state index is 0.0937. The highest BCUT2D eigenvalue weighted by molar-refractivity contribution is 5.76. The van der Waals surface area contributed by atoms with Gasteiger partial charge in [0.05, 0.1) is 0 Å². The molecular formula is C13H19N3O. The number of hydrogen-bond acceptors (Lipinski definition) is 3. The van der Waals surface area contributed by atoms with Crippen LogP contribution in [0.2, 0.25) is 0 Å². The SMILES string of the molecule is NCC(NC(=O)CCc1cccnc1)C1CC1. The van der Waals surface area contributed by atoms with Crippen molar-refractivity contribution in [3.05, 3.63) is 30.1 Å². The molecule has 4 heteroatoms. The summed E-state index contributed by atoms with van der Waals surface area (Å²) in [5.74, 6) is 0.707. The zero-order valence-electron chi connectivity index (χ0n) is 9.93. The molecule has 92 valence electrons. The van der Waals surface area contributed by atoms with Gasteiger partial charge in [0.1, 0.15) is 0 Å². The first-order valence-electron chi connectivity index (χ1n) is 6.18. The normalized spacial score (nSPS) is 16.5. The van der Waals surface area contributed by atoms with Crippen LogP contribution in [0.25, 0.3) is 0 Å². The van der Waals surface area contributed by atoms with Gasteiger partial charge in [0.15, 0.2) is 0 Å². The van der Waals surface area contributed by atoms with Gasteiger partial charge in [-0.15, -0.1) is 0 Å². The maximum absolute atomic E-state index is 11.7. The summed E-state index contributed by atoms with van der Waals surface area (Å²) >= 11 is 0. The molecule has 1 saturated carbocycles. The van der Waals surface area contributed by atoms with Crippen LogP contribution in [-0.2, 0) is 11.2 Å². The highest BCUT2D eigenvalue weighted by Gasteiger charge is 2.30. The van der Waals surface area contributed by atoms with Crippen molar-refractivity contribution >= 4 is 5.91 Å². The van der Waals surface area contributed by atoms with Gasteiger partial charge in [0.2, 0.25) is 5.91 Å². The first kappa shape index (κ1) is 12.0. The summed E-state index contributed by atoms with van der Waals surface area (Å²) in [6, 6.07) is 4.05. The van der Waals surface area contributed by atoms with Crippen molar-refractivity contribution in [3.63, 3.8) is 0 Å². The second kappa shape index (κ2) is 5.77. The maximum Gasteiger partial charge on any atom is 0.220 e. The topological polar surface area (TPSA) is 68.0 Å². The molecule has 17 heavy (non-hydrogen) atoms. The van der Waals surface area contributed by atoms with Crippen LogP contribution >= 0.6 is 0 Å². The Morgan fingerprint density at radius 3 is 3.00 bits per heavy atom. The number of carbonyl (C=O) groups is 1. The third-order valence-electron chi connectivity index (χ3n) is 3.15. The molecule has 0 bridgehead atoms. The summed E-state index contributed by atoms with van der Waals surface area (Å²) in [6.45, 7) is 0.545. The molecule has 1 aliphatic rings. The minimum absolute atomic E-state index is 0.0937. The first-order chi connectivity index (χ1) is 8.29. The molecule has 1 aromatic heterocycles. The molecule has 1 aliphatic carbocycles. The van der Waals surface area contributed by atoms with Gasteiger partial charge in [-0.05, 0) is 36.8 Å². The molecule has 3 N–H and O–H groups in total. The Morgan fingerprint density at radius 1 is 1.59 bits per heavy atom. The molecule has 4 nitrogen and oxygen atoms in total. The van der Waals surface area contributed by atoms with E-state index in [4.69, 9.17) is 5.73 Å². The third kappa shape index (κ3) is 3.82. The van der Waals surface area contributed by atoms with Crippen molar-refractivity contribution in [1.82, 2.24) is 10.3 Å². The van der Waals surface area contributed by atoms with Crippen LogP contribution < -0.4 is 11.1 Å². The van der Waals surface area contributed by atoms with Crippen LogP contribution in [0, 0.1) is 5.92 Å². The molecule has 1 amide bonds. The van der Waals surface area contributed by atoms with Gasteiger partial charge < -0.3 is 11.1 Å². The van der Waals surface area contributed by atoms with E-state index < -0.39 is 0 Å². The predicted octanol–water partition coefficient (Wildman–Crippen LogP) is 0.868. The van der Waals surface area contributed by atoms with Gasteiger partial charge in [-0.25, -0.2) is 0 Å². The van der Waals surface area contributed by atoms with Gasteiger partial charge in [-0.1, -0.05) is 6.07 Å². The molecular weight excluding hydrogens is 214 g/mol. The van der Waals surface area contributed by atoms with Crippen LogP contribution in [0.5, 0.6) is 0 Å². The molecule has 0 aliphatic heterocycles. The molecule has 0 saturated heterocycles. The minimum Gasteiger partial charge on any atom is -0.352 e. The van der Waals surface area contributed by atoms with Crippen LogP contribution in [0.3, 0.4) is 0 Å². The fraction of sp³-hybridized carbons (Fsp3) is 0.538. The summed E-state index contributed by atoms with van der Waals surface area (Å²) in [5, 5.41) is 3.01. The predicted molar refractivity (Wildman–Crippen MR) is 66.3 cm³/mol. The Hall–Kier alpha value is -1.42. The second-order valence-corrected chi connectivity index (χ2v) is 4.61. The standard InChI is InChI=1S/C13H19N3O/c14-8-12(11-4-5-11)16-13(17)6-3-10-2-1-7-15-9-10/h1-2,7,9,11-12H,3-6,8,14H2,(H,16,17). The van der Waals surface area contributed by atoms with Gasteiger partial charge in [-0.3, -0.25) is 9.78 Å².